The van der Waals surface area contributed by atoms with Gasteiger partial charge >= 0.3 is 0 Å². The Hall–Kier alpha value is -2.20. The van der Waals surface area contributed by atoms with Crippen molar-refractivity contribution in [1.29, 1.82) is 5.26 Å². The van der Waals surface area contributed by atoms with E-state index < -0.39 is 5.56 Å². The van der Waals surface area contributed by atoms with E-state index in [4.69, 9.17) is 5.26 Å². The van der Waals surface area contributed by atoms with Crippen LogP contribution in [0.5, 0.6) is 5.75 Å². The van der Waals surface area contributed by atoms with Gasteiger partial charge in [-0.15, -0.1) is 11.3 Å². The van der Waals surface area contributed by atoms with Crippen LogP contribution < -0.4 is 5.56 Å². The zero-order chi connectivity index (χ0) is 15.6. The van der Waals surface area contributed by atoms with E-state index in [9.17, 15) is 9.90 Å². The maximum absolute atomic E-state index is 12.2. The molecule has 0 aliphatic carbocycles. The van der Waals surface area contributed by atoms with Crippen molar-refractivity contribution in [2.24, 2.45) is 5.41 Å². The van der Waals surface area contributed by atoms with E-state index in [-0.39, 0.29) is 22.4 Å². The average molecular weight is 304 g/mol. The van der Waals surface area contributed by atoms with Gasteiger partial charge in [0, 0.05) is 12.7 Å². The Morgan fingerprint density at radius 3 is 2.71 bits per heavy atom. The maximum Gasteiger partial charge on any atom is 0.288 e. The fraction of sp³-hybridized carbons (Fsp3) is 0.429. The molecule has 2 heterocycles. The summed E-state index contributed by atoms with van der Waals surface area (Å²) in [6.07, 6.45) is 2.28. The van der Waals surface area contributed by atoms with Crippen molar-refractivity contribution in [1.82, 2.24) is 14.8 Å². The van der Waals surface area contributed by atoms with Crippen LogP contribution in [-0.4, -0.2) is 19.9 Å². The van der Waals surface area contributed by atoms with Crippen molar-refractivity contribution < 1.29 is 5.11 Å². The molecule has 6 nitrogen and oxygen atoms in total. The van der Waals surface area contributed by atoms with Crippen molar-refractivity contribution in [3.05, 3.63) is 27.6 Å². The molecule has 2 aromatic rings. The first-order chi connectivity index (χ1) is 9.83. The van der Waals surface area contributed by atoms with E-state index in [0.717, 1.165) is 6.42 Å². The summed E-state index contributed by atoms with van der Waals surface area (Å²) in [5.41, 5.74) is 1.03. The fourth-order valence-corrected chi connectivity index (χ4v) is 2.36. The van der Waals surface area contributed by atoms with Gasteiger partial charge in [0.1, 0.15) is 11.8 Å². The minimum absolute atomic E-state index is 0.0382. The Kier molecular flexibility index (Phi) is 4.09. The van der Waals surface area contributed by atoms with Crippen LogP contribution in [0.25, 0.3) is 10.6 Å². The lowest BCUT2D eigenvalue weighted by Gasteiger charge is -2.18. The third kappa shape index (κ3) is 3.28. The summed E-state index contributed by atoms with van der Waals surface area (Å²) < 4.78 is 1.25. The summed E-state index contributed by atoms with van der Waals surface area (Å²) in [5, 5.41) is 23.4. The van der Waals surface area contributed by atoms with Gasteiger partial charge in [0.15, 0.2) is 11.3 Å². The van der Waals surface area contributed by atoms with E-state index >= 15 is 0 Å². The highest BCUT2D eigenvalue weighted by Crippen LogP contribution is 2.30. The molecule has 2 rings (SSSR count). The van der Waals surface area contributed by atoms with Crippen LogP contribution in [0.2, 0.25) is 0 Å². The highest BCUT2D eigenvalue weighted by molar-refractivity contribution is 7.13. The normalized spacial score (nSPS) is 11.3. The van der Waals surface area contributed by atoms with Crippen LogP contribution in [0.4, 0.5) is 0 Å². The van der Waals surface area contributed by atoms with E-state index in [2.05, 4.69) is 30.9 Å². The number of aromatic nitrogens is 3. The van der Waals surface area contributed by atoms with Gasteiger partial charge in [0.05, 0.1) is 10.4 Å². The van der Waals surface area contributed by atoms with Crippen molar-refractivity contribution in [3.63, 3.8) is 0 Å². The van der Waals surface area contributed by atoms with Crippen molar-refractivity contribution in [2.45, 2.75) is 33.7 Å². The Bertz CT molecular complexity index is 736. The highest BCUT2D eigenvalue weighted by atomic mass is 32.1. The molecule has 0 amide bonds. The molecule has 0 radical (unpaired) electrons. The second kappa shape index (κ2) is 5.66. The van der Waals surface area contributed by atoms with Gasteiger partial charge in [-0.1, -0.05) is 20.8 Å². The first-order valence-corrected chi connectivity index (χ1v) is 7.34. The van der Waals surface area contributed by atoms with Crippen molar-refractivity contribution >= 4 is 11.3 Å². The Morgan fingerprint density at radius 2 is 2.19 bits per heavy atom. The topological polar surface area (TPSA) is 91.8 Å². The summed E-state index contributed by atoms with van der Waals surface area (Å²) in [4.78, 5) is 16.7. The third-order valence-corrected chi connectivity index (χ3v) is 3.76. The molecule has 0 aromatic carbocycles. The summed E-state index contributed by atoms with van der Waals surface area (Å²) in [6.45, 7) is 6.58. The number of aromatic hydroxyl groups is 1. The van der Waals surface area contributed by atoms with E-state index in [1.807, 2.05) is 0 Å². The number of hydrogen-bond acceptors (Lipinski definition) is 6. The Morgan fingerprint density at radius 1 is 1.48 bits per heavy atom. The van der Waals surface area contributed by atoms with E-state index in [1.54, 1.807) is 17.8 Å². The first kappa shape index (κ1) is 15.2. The third-order valence-electron chi connectivity index (χ3n) is 2.98. The molecule has 0 atom stereocenters. The summed E-state index contributed by atoms with van der Waals surface area (Å²) >= 11 is 1.29. The average Bonchev–Trinajstić information content (AvgIpc) is 2.91. The molecule has 110 valence electrons. The predicted molar refractivity (Wildman–Crippen MR) is 80.1 cm³/mol. The molecule has 0 saturated carbocycles. The number of hydrogen-bond donors (Lipinski definition) is 1. The van der Waals surface area contributed by atoms with Crippen LogP contribution in [0.1, 0.15) is 32.8 Å². The van der Waals surface area contributed by atoms with Crippen LogP contribution in [0.15, 0.2) is 16.5 Å². The molecule has 21 heavy (non-hydrogen) atoms. The molecule has 0 fully saturated rings. The molecule has 2 aromatic heterocycles. The molecule has 7 heteroatoms. The second-order valence-corrected chi connectivity index (χ2v) is 6.78. The minimum atomic E-state index is -0.562. The smallest absolute Gasteiger partial charge is 0.288 e. The number of rotatable bonds is 3. The number of aryl methyl sites for hydroxylation is 1. The fourth-order valence-electron chi connectivity index (χ4n) is 1.75. The predicted octanol–water partition coefficient (Wildman–Crippen LogP) is 2.38. The summed E-state index contributed by atoms with van der Waals surface area (Å²) in [7, 11) is 0. The van der Waals surface area contributed by atoms with Crippen LogP contribution in [0, 0.1) is 16.7 Å². The van der Waals surface area contributed by atoms with Crippen LogP contribution in [-0.2, 0) is 6.54 Å². The monoisotopic (exact) mass is 304 g/mol. The van der Waals surface area contributed by atoms with Gasteiger partial charge in [-0.3, -0.25) is 9.78 Å². The van der Waals surface area contributed by atoms with E-state index in [0.29, 0.717) is 11.4 Å². The zero-order valence-corrected chi connectivity index (χ0v) is 12.9. The first-order valence-electron chi connectivity index (χ1n) is 6.46. The number of thiazole rings is 1. The summed E-state index contributed by atoms with van der Waals surface area (Å²) in [6, 6.07) is 1.76. The number of nitriles is 1. The molecule has 1 N–H and O–H groups in total. The molecule has 0 aliphatic heterocycles. The SMILES string of the molecule is CC(C)(C)CCn1nc(-c2cncs2)c(O)c(C#N)c1=O. The Labute approximate surface area is 126 Å². The summed E-state index contributed by atoms with van der Waals surface area (Å²) in [5.74, 6) is -0.376. The van der Waals surface area contributed by atoms with Gasteiger partial charge in [-0.05, 0) is 11.8 Å². The quantitative estimate of drug-likeness (QED) is 0.940. The Balaban J connectivity index is 2.54. The standard InChI is InChI=1S/C14H16N4O2S/c1-14(2,3)4-5-18-13(20)9(6-15)12(19)11(17-18)10-7-16-8-21-10/h7-8,19H,4-5H2,1-3H3. The largest absolute Gasteiger partial charge is 0.504 e. The lowest BCUT2D eigenvalue weighted by Crippen LogP contribution is -2.27. The molecule has 0 spiro atoms. The lowest BCUT2D eigenvalue weighted by molar-refractivity contribution is 0.335. The van der Waals surface area contributed by atoms with Crippen molar-refractivity contribution in [2.75, 3.05) is 0 Å². The molecule has 0 bridgehead atoms. The maximum atomic E-state index is 12.2. The molecular formula is C14H16N4O2S. The van der Waals surface area contributed by atoms with Crippen molar-refractivity contribution in [3.8, 4) is 22.4 Å². The van der Waals surface area contributed by atoms with Gasteiger partial charge in [-0.25, -0.2) is 4.68 Å². The lowest BCUT2D eigenvalue weighted by atomic mass is 9.92. The van der Waals surface area contributed by atoms with Crippen LogP contribution in [0.3, 0.4) is 0 Å². The van der Waals surface area contributed by atoms with E-state index in [1.165, 1.54) is 16.0 Å². The molecule has 0 aliphatic rings. The zero-order valence-electron chi connectivity index (χ0n) is 12.1. The molecule has 0 saturated heterocycles. The van der Waals surface area contributed by atoms with Gasteiger partial charge in [0.2, 0.25) is 0 Å². The molecular weight excluding hydrogens is 288 g/mol. The minimum Gasteiger partial charge on any atom is -0.504 e. The second-order valence-electron chi connectivity index (χ2n) is 5.89. The van der Waals surface area contributed by atoms with Gasteiger partial charge in [-0.2, -0.15) is 10.4 Å². The highest BCUT2D eigenvalue weighted by Gasteiger charge is 2.20. The van der Waals surface area contributed by atoms with Crippen LogP contribution >= 0.6 is 11.3 Å². The van der Waals surface area contributed by atoms with Gasteiger partial charge in [0.25, 0.3) is 5.56 Å². The number of nitrogens with zero attached hydrogens (tertiary/aromatic N) is 4. The molecule has 0 unspecified atom stereocenters. The van der Waals surface area contributed by atoms with Gasteiger partial charge < -0.3 is 5.11 Å².